The van der Waals surface area contributed by atoms with Crippen LogP contribution in [-0.4, -0.2) is 23.3 Å². The molecule has 1 aromatic carbocycles. The third kappa shape index (κ3) is 3.67. The summed E-state index contributed by atoms with van der Waals surface area (Å²) in [5, 5.41) is 0.291. The molecule has 0 radical (unpaired) electrons. The molecule has 4 nitrogen and oxygen atoms in total. The van der Waals surface area contributed by atoms with Crippen molar-refractivity contribution in [2.45, 2.75) is 12.8 Å². The topological polar surface area (TPSA) is 56.3 Å². The Hall–Kier alpha value is -2.20. The third-order valence-electron chi connectivity index (χ3n) is 2.93. The predicted molar refractivity (Wildman–Crippen MR) is 79.4 cm³/mol. The van der Waals surface area contributed by atoms with Crippen LogP contribution in [0.1, 0.15) is 28.8 Å². The molecule has 0 saturated carbocycles. The van der Waals surface area contributed by atoms with Crippen LogP contribution in [0.2, 0.25) is 5.15 Å². The zero-order chi connectivity index (χ0) is 15.2. The number of aromatic nitrogens is 1. The zero-order valence-corrected chi connectivity index (χ0v) is 12.2. The van der Waals surface area contributed by atoms with Gasteiger partial charge in [-0.3, -0.25) is 9.59 Å². The Kier molecular flexibility index (Phi) is 5.06. The minimum absolute atomic E-state index is 0.217. The lowest BCUT2D eigenvalue weighted by molar-refractivity contribution is -0.143. The van der Waals surface area contributed by atoms with Crippen molar-refractivity contribution >= 4 is 23.4 Å². The monoisotopic (exact) mass is 303 g/mol. The van der Waals surface area contributed by atoms with Crippen LogP contribution in [0.3, 0.4) is 0 Å². The Morgan fingerprint density at radius 2 is 1.90 bits per heavy atom. The standard InChI is InChI=1S/C16H14ClNO3/c1-2-21-16(20)14(11-6-4-3-5-7-11)15(19)12-8-9-13(17)18-10-12/h3-10,14H,2H2,1H3. The molecule has 21 heavy (non-hydrogen) atoms. The smallest absolute Gasteiger partial charge is 0.321 e. The quantitative estimate of drug-likeness (QED) is 0.368. The van der Waals surface area contributed by atoms with E-state index in [0.29, 0.717) is 16.3 Å². The first-order chi connectivity index (χ1) is 10.1. The summed E-state index contributed by atoms with van der Waals surface area (Å²) in [7, 11) is 0. The summed E-state index contributed by atoms with van der Waals surface area (Å²) in [5.41, 5.74) is 0.914. The van der Waals surface area contributed by atoms with Gasteiger partial charge in [0.1, 0.15) is 11.1 Å². The molecule has 2 aromatic rings. The van der Waals surface area contributed by atoms with Gasteiger partial charge in [0.2, 0.25) is 0 Å². The lowest BCUT2D eigenvalue weighted by Crippen LogP contribution is -2.24. The molecule has 0 aliphatic heterocycles. The van der Waals surface area contributed by atoms with E-state index in [9.17, 15) is 9.59 Å². The van der Waals surface area contributed by atoms with Gasteiger partial charge < -0.3 is 4.74 Å². The molecular weight excluding hydrogens is 290 g/mol. The highest BCUT2D eigenvalue weighted by atomic mass is 35.5. The van der Waals surface area contributed by atoms with Crippen LogP contribution in [0.5, 0.6) is 0 Å². The van der Waals surface area contributed by atoms with Gasteiger partial charge in [-0.25, -0.2) is 4.98 Å². The van der Waals surface area contributed by atoms with Gasteiger partial charge in [-0.15, -0.1) is 0 Å². The molecule has 0 spiro atoms. The van der Waals surface area contributed by atoms with E-state index in [1.54, 1.807) is 37.3 Å². The van der Waals surface area contributed by atoms with Gasteiger partial charge in [0.05, 0.1) is 6.61 Å². The highest BCUT2D eigenvalue weighted by Crippen LogP contribution is 2.23. The normalized spacial score (nSPS) is 11.7. The van der Waals surface area contributed by atoms with Crippen LogP contribution in [-0.2, 0) is 9.53 Å². The van der Waals surface area contributed by atoms with Crippen molar-refractivity contribution in [2.24, 2.45) is 0 Å². The summed E-state index contributed by atoms with van der Waals surface area (Å²) in [5.74, 6) is -1.92. The number of carbonyl (C=O) groups is 2. The molecule has 1 atom stereocenters. The Bertz CT molecular complexity index is 626. The molecule has 1 aromatic heterocycles. The van der Waals surface area contributed by atoms with E-state index in [4.69, 9.17) is 16.3 Å². The van der Waals surface area contributed by atoms with E-state index in [0.717, 1.165) is 0 Å². The molecule has 0 aliphatic rings. The molecule has 0 N–H and O–H groups in total. The number of esters is 1. The van der Waals surface area contributed by atoms with Crippen LogP contribution in [0.15, 0.2) is 48.7 Å². The number of hydrogen-bond donors (Lipinski definition) is 0. The Balaban J connectivity index is 2.37. The predicted octanol–water partition coefficient (Wildman–Crippen LogP) is 3.26. The fourth-order valence-corrected chi connectivity index (χ4v) is 2.07. The Labute approximate surface area is 127 Å². The second-order valence-corrected chi connectivity index (χ2v) is 4.72. The lowest BCUT2D eigenvalue weighted by Gasteiger charge is -2.14. The first-order valence-corrected chi connectivity index (χ1v) is 6.88. The molecule has 0 bridgehead atoms. The molecule has 0 aliphatic carbocycles. The maximum absolute atomic E-state index is 12.6. The van der Waals surface area contributed by atoms with Crippen molar-refractivity contribution in [3.8, 4) is 0 Å². The van der Waals surface area contributed by atoms with Crippen molar-refractivity contribution < 1.29 is 14.3 Å². The van der Waals surface area contributed by atoms with Gasteiger partial charge in [-0.1, -0.05) is 41.9 Å². The summed E-state index contributed by atoms with van der Waals surface area (Å²) < 4.78 is 5.02. The van der Waals surface area contributed by atoms with Gasteiger partial charge in [0.25, 0.3) is 0 Å². The Morgan fingerprint density at radius 1 is 1.19 bits per heavy atom. The summed E-state index contributed by atoms with van der Waals surface area (Å²) in [4.78, 5) is 28.6. The number of nitrogens with zero attached hydrogens (tertiary/aromatic N) is 1. The summed E-state index contributed by atoms with van der Waals surface area (Å²) >= 11 is 5.71. The lowest BCUT2D eigenvalue weighted by atomic mass is 9.91. The molecule has 5 heteroatoms. The number of rotatable bonds is 5. The van der Waals surface area contributed by atoms with Crippen molar-refractivity contribution in [3.05, 3.63) is 64.9 Å². The first kappa shape index (κ1) is 15.2. The number of Topliss-reactive ketones (excluding diaryl/α,β-unsaturated/α-hetero) is 1. The number of carbonyl (C=O) groups excluding carboxylic acids is 2. The number of pyridine rings is 1. The van der Waals surface area contributed by atoms with E-state index < -0.39 is 11.9 Å². The summed E-state index contributed by atoms with van der Waals surface area (Å²) in [6.45, 7) is 1.92. The van der Waals surface area contributed by atoms with E-state index in [1.807, 2.05) is 6.07 Å². The minimum atomic E-state index is -0.992. The number of ketones is 1. The van der Waals surface area contributed by atoms with Gasteiger partial charge in [-0.05, 0) is 24.6 Å². The van der Waals surface area contributed by atoms with Crippen LogP contribution in [0.25, 0.3) is 0 Å². The van der Waals surface area contributed by atoms with E-state index in [1.165, 1.54) is 12.3 Å². The largest absolute Gasteiger partial charge is 0.465 e. The summed E-state index contributed by atoms with van der Waals surface area (Å²) in [6.07, 6.45) is 1.36. The van der Waals surface area contributed by atoms with Gasteiger partial charge in [0.15, 0.2) is 5.78 Å². The van der Waals surface area contributed by atoms with Crippen molar-refractivity contribution in [1.29, 1.82) is 0 Å². The number of halogens is 1. The number of benzene rings is 1. The highest BCUT2D eigenvalue weighted by molar-refractivity contribution is 6.29. The van der Waals surface area contributed by atoms with E-state index >= 15 is 0 Å². The molecule has 0 amide bonds. The van der Waals surface area contributed by atoms with Crippen LogP contribution < -0.4 is 0 Å². The number of ether oxygens (including phenoxy) is 1. The maximum atomic E-state index is 12.6. The Morgan fingerprint density at radius 3 is 2.48 bits per heavy atom. The molecular formula is C16H14ClNO3. The highest BCUT2D eigenvalue weighted by Gasteiger charge is 2.30. The minimum Gasteiger partial charge on any atom is -0.465 e. The second-order valence-electron chi connectivity index (χ2n) is 4.33. The first-order valence-electron chi connectivity index (χ1n) is 6.51. The SMILES string of the molecule is CCOC(=O)C(C(=O)c1ccc(Cl)nc1)c1ccccc1. The second kappa shape index (κ2) is 6.99. The van der Waals surface area contributed by atoms with Crippen molar-refractivity contribution in [3.63, 3.8) is 0 Å². The molecule has 0 saturated heterocycles. The van der Waals surface area contributed by atoms with Crippen LogP contribution >= 0.6 is 11.6 Å². The van der Waals surface area contributed by atoms with Gasteiger partial charge in [0, 0.05) is 11.8 Å². The molecule has 2 rings (SSSR count). The van der Waals surface area contributed by atoms with E-state index in [-0.39, 0.29) is 12.4 Å². The molecule has 0 fully saturated rings. The molecule has 108 valence electrons. The van der Waals surface area contributed by atoms with Crippen LogP contribution in [0, 0.1) is 0 Å². The average molecular weight is 304 g/mol. The molecule has 1 heterocycles. The average Bonchev–Trinajstić information content (AvgIpc) is 2.49. The third-order valence-corrected chi connectivity index (χ3v) is 3.15. The number of hydrogen-bond acceptors (Lipinski definition) is 4. The zero-order valence-electron chi connectivity index (χ0n) is 11.5. The van der Waals surface area contributed by atoms with E-state index in [2.05, 4.69) is 4.98 Å². The molecule has 1 unspecified atom stereocenters. The van der Waals surface area contributed by atoms with Crippen LogP contribution in [0.4, 0.5) is 0 Å². The van der Waals surface area contributed by atoms with Crippen molar-refractivity contribution in [1.82, 2.24) is 4.98 Å². The summed E-state index contributed by atoms with van der Waals surface area (Å²) in [6, 6.07) is 11.9. The van der Waals surface area contributed by atoms with Gasteiger partial charge >= 0.3 is 5.97 Å². The van der Waals surface area contributed by atoms with Gasteiger partial charge in [-0.2, -0.15) is 0 Å². The fourth-order valence-electron chi connectivity index (χ4n) is 1.95. The maximum Gasteiger partial charge on any atom is 0.321 e. The van der Waals surface area contributed by atoms with Crippen molar-refractivity contribution in [2.75, 3.05) is 6.61 Å². The fraction of sp³-hybridized carbons (Fsp3) is 0.188.